The number of hydrogen-bond acceptors (Lipinski definition) is 5. The number of hydrogen-bond donors (Lipinski definition) is 0. The number of esters is 2. The van der Waals surface area contributed by atoms with Gasteiger partial charge in [0.15, 0.2) is 5.54 Å². The molecule has 2 heterocycles. The number of rotatable bonds is 1. The largest absolute Gasteiger partial charge is 0.391 e. The lowest BCUT2D eigenvalue weighted by Crippen LogP contribution is -2.58. The lowest BCUT2D eigenvalue weighted by molar-refractivity contribution is -0.159. The fourth-order valence-electron chi connectivity index (χ4n) is 2.39. The van der Waals surface area contributed by atoms with Crippen molar-refractivity contribution in [3.8, 4) is 0 Å². The van der Waals surface area contributed by atoms with Crippen LogP contribution in [-0.2, 0) is 23.9 Å². The molecule has 0 spiro atoms. The van der Waals surface area contributed by atoms with Crippen LogP contribution in [-0.4, -0.2) is 34.2 Å². The van der Waals surface area contributed by atoms with Gasteiger partial charge in [-0.15, -0.1) is 0 Å². The molecule has 6 nitrogen and oxygen atoms in total. The third-order valence-electron chi connectivity index (χ3n) is 3.19. The highest BCUT2D eigenvalue weighted by atomic mass is 16.6. The summed E-state index contributed by atoms with van der Waals surface area (Å²) in [6.45, 7) is 0. The number of carbonyl (C=O) groups excluding carboxylic acids is 4. The zero-order chi connectivity index (χ0) is 12.9. The van der Waals surface area contributed by atoms with Gasteiger partial charge in [0, 0.05) is 12.2 Å². The fourth-order valence-corrected chi connectivity index (χ4v) is 2.39. The van der Waals surface area contributed by atoms with E-state index < -0.39 is 35.2 Å². The quantitative estimate of drug-likeness (QED) is 0.352. The van der Waals surface area contributed by atoms with Crippen molar-refractivity contribution in [3.05, 3.63) is 36.5 Å². The van der Waals surface area contributed by atoms with Crippen LogP contribution in [0.1, 0.15) is 0 Å². The van der Waals surface area contributed by atoms with Gasteiger partial charge in [-0.25, -0.2) is 4.79 Å². The molecule has 0 saturated carbocycles. The van der Waals surface area contributed by atoms with Crippen molar-refractivity contribution in [1.29, 1.82) is 0 Å². The van der Waals surface area contributed by atoms with E-state index in [-0.39, 0.29) is 0 Å². The van der Waals surface area contributed by atoms with E-state index in [0.29, 0.717) is 0 Å². The van der Waals surface area contributed by atoms with Crippen molar-refractivity contribution < 1.29 is 23.9 Å². The molecule has 0 aromatic heterocycles. The molecule has 18 heavy (non-hydrogen) atoms. The first kappa shape index (κ1) is 10.6. The van der Waals surface area contributed by atoms with Crippen LogP contribution in [0.15, 0.2) is 36.5 Å². The van der Waals surface area contributed by atoms with Crippen LogP contribution >= 0.6 is 0 Å². The van der Waals surface area contributed by atoms with Crippen LogP contribution in [0.25, 0.3) is 0 Å². The number of amides is 2. The van der Waals surface area contributed by atoms with Gasteiger partial charge >= 0.3 is 11.9 Å². The summed E-state index contributed by atoms with van der Waals surface area (Å²) in [6, 6.07) is 0. The molecular formula is C12H7NO5. The van der Waals surface area contributed by atoms with Gasteiger partial charge < -0.3 is 4.74 Å². The first-order valence-electron chi connectivity index (χ1n) is 5.26. The van der Waals surface area contributed by atoms with Gasteiger partial charge in [-0.3, -0.25) is 19.3 Å². The van der Waals surface area contributed by atoms with Crippen molar-refractivity contribution in [2.24, 2.45) is 5.92 Å². The Bertz CT molecular complexity index is 567. The standard InChI is InChI=1S/C12H7NO5/c14-8-4-5-9(15)13(8)12-6-2-1-3-7(12)10(16)18-11(12)17/h1-7H. The normalized spacial score (nSPS) is 33.3. The van der Waals surface area contributed by atoms with Gasteiger partial charge in [-0.05, 0) is 6.08 Å². The number of cyclic esters (lactones) is 2. The molecule has 2 aliphatic heterocycles. The topological polar surface area (TPSA) is 80.8 Å². The van der Waals surface area contributed by atoms with Gasteiger partial charge in [0.1, 0.15) is 5.92 Å². The van der Waals surface area contributed by atoms with Gasteiger partial charge in [0.25, 0.3) is 11.8 Å². The van der Waals surface area contributed by atoms with Gasteiger partial charge in [0.05, 0.1) is 0 Å². The molecule has 0 radical (unpaired) electrons. The fraction of sp³-hybridized carbons (Fsp3) is 0.167. The lowest BCUT2D eigenvalue weighted by Gasteiger charge is -2.34. The second-order valence-corrected chi connectivity index (χ2v) is 4.10. The molecule has 1 aliphatic carbocycles. The molecule has 0 N–H and O–H groups in total. The Kier molecular flexibility index (Phi) is 1.92. The molecule has 0 aromatic carbocycles. The van der Waals surface area contributed by atoms with Crippen molar-refractivity contribution in [3.63, 3.8) is 0 Å². The summed E-state index contributed by atoms with van der Waals surface area (Å²) in [5, 5.41) is 0. The summed E-state index contributed by atoms with van der Waals surface area (Å²) in [4.78, 5) is 47.7. The lowest BCUT2D eigenvalue weighted by atomic mass is 9.81. The maximum Gasteiger partial charge on any atom is 0.345 e. The number of imide groups is 1. The molecule has 3 rings (SSSR count). The third-order valence-corrected chi connectivity index (χ3v) is 3.19. The van der Waals surface area contributed by atoms with E-state index in [9.17, 15) is 19.2 Å². The van der Waals surface area contributed by atoms with Crippen LogP contribution in [0, 0.1) is 5.92 Å². The zero-order valence-corrected chi connectivity index (χ0v) is 9.03. The maximum atomic E-state index is 11.9. The van der Waals surface area contributed by atoms with Crippen LogP contribution in [0.2, 0.25) is 0 Å². The molecule has 3 aliphatic rings. The van der Waals surface area contributed by atoms with E-state index in [1.165, 1.54) is 18.2 Å². The molecular weight excluding hydrogens is 238 g/mol. The SMILES string of the molecule is O=C1OC(=O)C2(N3C(=O)C=CC3=O)C=CC=CC12. The minimum atomic E-state index is -1.66. The molecule has 90 valence electrons. The third kappa shape index (κ3) is 1.07. The predicted octanol–water partition coefficient (Wildman–Crippen LogP) is -0.524. The summed E-state index contributed by atoms with van der Waals surface area (Å²) in [5.74, 6) is -3.88. The highest BCUT2D eigenvalue weighted by Gasteiger charge is 2.62. The highest BCUT2D eigenvalue weighted by molar-refractivity contribution is 6.19. The summed E-state index contributed by atoms with van der Waals surface area (Å²) < 4.78 is 4.57. The van der Waals surface area contributed by atoms with E-state index in [1.54, 1.807) is 6.08 Å². The molecule has 2 atom stereocenters. The van der Waals surface area contributed by atoms with E-state index in [2.05, 4.69) is 4.74 Å². The number of nitrogens with zero attached hydrogens (tertiary/aromatic N) is 1. The molecule has 1 saturated heterocycles. The number of allylic oxidation sites excluding steroid dienone is 2. The Labute approximate surface area is 101 Å². The minimum Gasteiger partial charge on any atom is -0.391 e. The Morgan fingerprint density at radius 3 is 2.39 bits per heavy atom. The van der Waals surface area contributed by atoms with Crippen molar-refractivity contribution >= 4 is 23.8 Å². The first-order valence-corrected chi connectivity index (χ1v) is 5.26. The molecule has 6 heteroatoms. The number of fused-ring (bicyclic) bond motifs is 1. The first-order chi connectivity index (χ1) is 8.57. The van der Waals surface area contributed by atoms with E-state index >= 15 is 0 Å². The van der Waals surface area contributed by atoms with Crippen LogP contribution in [0.4, 0.5) is 0 Å². The molecule has 2 amide bonds. The summed E-state index contributed by atoms with van der Waals surface area (Å²) >= 11 is 0. The van der Waals surface area contributed by atoms with E-state index in [0.717, 1.165) is 17.1 Å². The van der Waals surface area contributed by atoms with Crippen LogP contribution in [0.5, 0.6) is 0 Å². The maximum absolute atomic E-state index is 11.9. The van der Waals surface area contributed by atoms with Gasteiger partial charge in [0.2, 0.25) is 0 Å². The molecule has 0 aromatic rings. The molecule has 1 fully saturated rings. The smallest absolute Gasteiger partial charge is 0.345 e. The Hall–Kier alpha value is -2.50. The predicted molar refractivity (Wildman–Crippen MR) is 56.6 cm³/mol. The average molecular weight is 245 g/mol. The van der Waals surface area contributed by atoms with Crippen molar-refractivity contribution in [1.82, 2.24) is 4.90 Å². The van der Waals surface area contributed by atoms with Crippen LogP contribution in [0.3, 0.4) is 0 Å². The second-order valence-electron chi connectivity index (χ2n) is 4.10. The molecule has 0 bridgehead atoms. The molecule has 2 unspecified atom stereocenters. The van der Waals surface area contributed by atoms with Crippen molar-refractivity contribution in [2.75, 3.05) is 0 Å². The Balaban J connectivity index is 2.17. The van der Waals surface area contributed by atoms with Crippen LogP contribution < -0.4 is 0 Å². The minimum absolute atomic E-state index is 0.628. The van der Waals surface area contributed by atoms with E-state index in [4.69, 9.17) is 0 Å². The average Bonchev–Trinajstić information content (AvgIpc) is 2.80. The highest BCUT2D eigenvalue weighted by Crippen LogP contribution is 2.39. The Morgan fingerprint density at radius 2 is 1.72 bits per heavy atom. The van der Waals surface area contributed by atoms with E-state index in [1.807, 2.05) is 0 Å². The monoisotopic (exact) mass is 245 g/mol. The Morgan fingerprint density at radius 1 is 1.06 bits per heavy atom. The van der Waals surface area contributed by atoms with Crippen molar-refractivity contribution in [2.45, 2.75) is 5.54 Å². The number of ether oxygens (including phenoxy) is 1. The summed E-state index contributed by atoms with van der Waals surface area (Å²) in [5.41, 5.74) is -1.66. The van der Waals surface area contributed by atoms with Gasteiger partial charge in [-0.2, -0.15) is 0 Å². The number of carbonyl (C=O) groups is 4. The second kappa shape index (κ2) is 3.25. The zero-order valence-electron chi connectivity index (χ0n) is 9.03. The van der Waals surface area contributed by atoms with Gasteiger partial charge in [-0.1, -0.05) is 18.2 Å². The summed E-state index contributed by atoms with van der Waals surface area (Å²) in [7, 11) is 0. The summed E-state index contributed by atoms with van der Waals surface area (Å²) in [6.07, 6.45) is 8.02.